The van der Waals surface area contributed by atoms with Gasteiger partial charge in [0.2, 0.25) is 0 Å². The largest absolute Gasteiger partial charge is 0.377 e. The highest BCUT2D eigenvalue weighted by Gasteiger charge is 2.09. The Morgan fingerprint density at radius 1 is 1.47 bits per heavy atom. The minimum Gasteiger partial charge on any atom is -0.377 e. The molecule has 84 valence electrons. The lowest BCUT2D eigenvalue weighted by atomic mass is 10.1. The monoisotopic (exact) mass is 231 g/mol. The van der Waals surface area contributed by atoms with Gasteiger partial charge in [0.15, 0.2) is 0 Å². The molecule has 1 atom stereocenters. The first-order valence-electron chi connectivity index (χ1n) is 4.83. The van der Waals surface area contributed by atoms with E-state index in [9.17, 15) is 4.39 Å². The van der Waals surface area contributed by atoms with Gasteiger partial charge < -0.3 is 10.5 Å². The van der Waals surface area contributed by atoms with Gasteiger partial charge in [-0.05, 0) is 31.5 Å². The second-order valence-corrected chi connectivity index (χ2v) is 4.07. The van der Waals surface area contributed by atoms with Gasteiger partial charge >= 0.3 is 0 Å². The van der Waals surface area contributed by atoms with E-state index in [-0.39, 0.29) is 17.2 Å². The minimum absolute atomic E-state index is 0.0903. The molecule has 0 heterocycles. The molecule has 0 bridgehead atoms. The van der Waals surface area contributed by atoms with Crippen molar-refractivity contribution in [2.45, 2.75) is 26.0 Å². The summed E-state index contributed by atoms with van der Waals surface area (Å²) in [5.41, 5.74) is 6.64. The van der Waals surface area contributed by atoms with E-state index >= 15 is 0 Å². The summed E-state index contributed by atoms with van der Waals surface area (Å²) in [6.07, 6.45) is 0.131. The van der Waals surface area contributed by atoms with Crippen molar-refractivity contribution in [2.24, 2.45) is 5.73 Å². The average molecular weight is 232 g/mol. The first kappa shape index (κ1) is 12.4. The van der Waals surface area contributed by atoms with Gasteiger partial charge in [-0.3, -0.25) is 0 Å². The molecule has 2 N–H and O–H groups in total. The summed E-state index contributed by atoms with van der Waals surface area (Å²) >= 11 is 5.65. The van der Waals surface area contributed by atoms with Crippen molar-refractivity contribution in [2.75, 3.05) is 6.61 Å². The first-order chi connectivity index (χ1) is 7.00. The number of ether oxygens (including phenoxy) is 1. The minimum atomic E-state index is -0.433. The highest BCUT2D eigenvalue weighted by molar-refractivity contribution is 6.30. The van der Waals surface area contributed by atoms with Crippen molar-refractivity contribution in [3.05, 3.63) is 34.6 Å². The van der Waals surface area contributed by atoms with Crippen molar-refractivity contribution >= 4 is 11.6 Å². The summed E-state index contributed by atoms with van der Waals surface area (Å²) in [5.74, 6) is -0.433. The predicted octanol–water partition coefficient (Wildman–Crippen LogP) is 2.90. The average Bonchev–Trinajstić information content (AvgIpc) is 2.18. The van der Waals surface area contributed by atoms with Crippen LogP contribution in [0.2, 0.25) is 5.02 Å². The van der Waals surface area contributed by atoms with Crippen molar-refractivity contribution in [3.8, 4) is 0 Å². The lowest BCUT2D eigenvalue weighted by Gasteiger charge is -2.14. The Hall–Kier alpha value is -0.640. The van der Waals surface area contributed by atoms with Crippen LogP contribution in [0.3, 0.4) is 0 Å². The lowest BCUT2D eigenvalue weighted by Crippen LogP contribution is -2.19. The molecular formula is C11H15ClFNO. The molecular weight excluding hydrogens is 217 g/mol. The zero-order valence-corrected chi connectivity index (χ0v) is 9.59. The molecule has 0 aromatic heterocycles. The molecule has 0 aliphatic rings. The number of halogens is 2. The summed E-state index contributed by atoms with van der Waals surface area (Å²) in [7, 11) is 0. The molecule has 1 unspecified atom stereocenters. The Labute approximate surface area is 94.2 Å². The number of nitrogens with two attached hydrogens (primary N) is 1. The van der Waals surface area contributed by atoms with Gasteiger partial charge in [-0.25, -0.2) is 4.39 Å². The number of hydrogen-bond acceptors (Lipinski definition) is 2. The number of rotatable bonds is 4. The molecule has 0 saturated heterocycles. The molecule has 0 aliphatic carbocycles. The van der Waals surface area contributed by atoms with Crippen LogP contribution in [0.5, 0.6) is 0 Å². The van der Waals surface area contributed by atoms with Gasteiger partial charge in [-0.15, -0.1) is 0 Å². The third-order valence-electron chi connectivity index (χ3n) is 1.98. The molecule has 0 saturated carbocycles. The Morgan fingerprint density at radius 2 is 2.13 bits per heavy atom. The Bertz CT molecular complexity index is 330. The fraction of sp³-hybridized carbons (Fsp3) is 0.455. The van der Waals surface area contributed by atoms with Gasteiger partial charge in [-0.1, -0.05) is 17.7 Å². The van der Waals surface area contributed by atoms with Crippen LogP contribution in [-0.4, -0.2) is 12.7 Å². The van der Waals surface area contributed by atoms with Gasteiger partial charge in [0.25, 0.3) is 0 Å². The van der Waals surface area contributed by atoms with Gasteiger partial charge in [0, 0.05) is 0 Å². The fourth-order valence-electron chi connectivity index (χ4n) is 1.14. The zero-order chi connectivity index (χ0) is 11.4. The topological polar surface area (TPSA) is 35.2 Å². The normalized spacial score (nSPS) is 13.2. The quantitative estimate of drug-likeness (QED) is 0.865. The van der Waals surface area contributed by atoms with E-state index < -0.39 is 5.82 Å². The maximum Gasteiger partial charge on any atom is 0.141 e. The number of benzene rings is 1. The SMILES string of the molecule is CC(C)OCC(N)c1ccc(F)c(Cl)c1. The molecule has 0 radical (unpaired) electrons. The van der Waals surface area contributed by atoms with E-state index in [1.807, 2.05) is 13.8 Å². The Kier molecular flexibility index (Phi) is 4.51. The van der Waals surface area contributed by atoms with Gasteiger partial charge in [0.1, 0.15) is 5.82 Å². The van der Waals surface area contributed by atoms with E-state index in [0.717, 1.165) is 5.56 Å². The van der Waals surface area contributed by atoms with Crippen LogP contribution >= 0.6 is 11.6 Å². The highest BCUT2D eigenvalue weighted by Crippen LogP contribution is 2.20. The molecule has 0 amide bonds. The molecule has 0 aliphatic heterocycles. The van der Waals surface area contributed by atoms with Crippen molar-refractivity contribution in [1.82, 2.24) is 0 Å². The molecule has 1 aromatic rings. The fourth-order valence-corrected chi connectivity index (χ4v) is 1.32. The maximum absolute atomic E-state index is 12.9. The van der Waals surface area contributed by atoms with Crippen LogP contribution in [0.1, 0.15) is 25.5 Å². The van der Waals surface area contributed by atoms with Gasteiger partial charge in [-0.2, -0.15) is 0 Å². The van der Waals surface area contributed by atoms with Gasteiger partial charge in [0.05, 0.1) is 23.8 Å². The van der Waals surface area contributed by atoms with E-state index in [1.54, 1.807) is 6.07 Å². The van der Waals surface area contributed by atoms with Crippen LogP contribution in [0, 0.1) is 5.82 Å². The zero-order valence-electron chi connectivity index (χ0n) is 8.84. The summed E-state index contributed by atoms with van der Waals surface area (Å²) in [6.45, 7) is 4.27. The van der Waals surface area contributed by atoms with Crippen LogP contribution < -0.4 is 5.73 Å². The van der Waals surface area contributed by atoms with E-state index in [0.29, 0.717) is 6.61 Å². The van der Waals surface area contributed by atoms with Crippen LogP contribution in [-0.2, 0) is 4.74 Å². The van der Waals surface area contributed by atoms with E-state index in [2.05, 4.69) is 0 Å². The maximum atomic E-state index is 12.9. The lowest BCUT2D eigenvalue weighted by molar-refractivity contribution is 0.0683. The standard InChI is InChI=1S/C11H15ClFNO/c1-7(2)15-6-11(14)8-3-4-10(13)9(12)5-8/h3-5,7,11H,6,14H2,1-2H3. The molecule has 1 rings (SSSR count). The van der Waals surface area contributed by atoms with Crippen LogP contribution in [0.4, 0.5) is 4.39 Å². The summed E-state index contributed by atoms with van der Waals surface area (Å²) < 4.78 is 18.2. The third-order valence-corrected chi connectivity index (χ3v) is 2.27. The molecule has 1 aromatic carbocycles. The summed E-state index contributed by atoms with van der Waals surface area (Å²) in [4.78, 5) is 0. The molecule has 0 fully saturated rings. The summed E-state index contributed by atoms with van der Waals surface area (Å²) in [5, 5.41) is 0.0903. The van der Waals surface area contributed by atoms with Crippen LogP contribution in [0.15, 0.2) is 18.2 Å². The molecule has 15 heavy (non-hydrogen) atoms. The first-order valence-corrected chi connectivity index (χ1v) is 5.20. The van der Waals surface area contributed by atoms with Crippen LogP contribution in [0.25, 0.3) is 0 Å². The predicted molar refractivity (Wildman–Crippen MR) is 59.4 cm³/mol. The highest BCUT2D eigenvalue weighted by atomic mass is 35.5. The number of hydrogen-bond donors (Lipinski definition) is 1. The van der Waals surface area contributed by atoms with Crippen molar-refractivity contribution in [1.29, 1.82) is 0 Å². The second-order valence-electron chi connectivity index (χ2n) is 3.66. The van der Waals surface area contributed by atoms with E-state index in [4.69, 9.17) is 22.1 Å². The smallest absolute Gasteiger partial charge is 0.141 e. The Morgan fingerprint density at radius 3 is 2.67 bits per heavy atom. The summed E-state index contributed by atoms with van der Waals surface area (Å²) in [6, 6.07) is 4.19. The Balaban J connectivity index is 2.65. The molecule has 2 nitrogen and oxygen atoms in total. The van der Waals surface area contributed by atoms with Crippen molar-refractivity contribution in [3.63, 3.8) is 0 Å². The molecule has 4 heteroatoms. The second kappa shape index (κ2) is 5.45. The van der Waals surface area contributed by atoms with Crippen molar-refractivity contribution < 1.29 is 9.13 Å². The molecule has 0 spiro atoms. The third kappa shape index (κ3) is 3.78. The van der Waals surface area contributed by atoms with E-state index in [1.165, 1.54) is 12.1 Å².